The van der Waals surface area contributed by atoms with E-state index in [0.29, 0.717) is 27.5 Å². The number of benzene rings is 1. The van der Waals surface area contributed by atoms with E-state index in [4.69, 9.17) is 27.9 Å². The first-order valence-electron chi connectivity index (χ1n) is 10.1. The second-order valence-corrected chi connectivity index (χ2v) is 9.18. The molecule has 1 aliphatic rings. The number of β-amino-alcohol motifs (C(OH)–C–C–N with tert-alkyl or cyclic N) is 1. The number of aliphatic hydroxyl groups excluding tert-OH is 1. The van der Waals surface area contributed by atoms with Crippen molar-refractivity contribution in [3.05, 3.63) is 46.2 Å². The van der Waals surface area contributed by atoms with Gasteiger partial charge >= 0.3 is 0 Å². The molecular weight excluding hydrogens is 459 g/mol. The molecular formula is C21H26Cl2N4O3S. The van der Waals surface area contributed by atoms with Crippen molar-refractivity contribution in [3.8, 4) is 5.75 Å². The Hall–Kier alpha value is -1.58. The van der Waals surface area contributed by atoms with Crippen molar-refractivity contribution in [1.82, 2.24) is 20.2 Å². The van der Waals surface area contributed by atoms with E-state index in [2.05, 4.69) is 20.2 Å². The van der Waals surface area contributed by atoms with Crippen molar-refractivity contribution in [2.75, 3.05) is 31.9 Å². The van der Waals surface area contributed by atoms with E-state index in [-0.39, 0.29) is 24.3 Å². The summed E-state index contributed by atoms with van der Waals surface area (Å²) in [6, 6.07) is 7.08. The highest BCUT2D eigenvalue weighted by Gasteiger charge is 2.22. The number of aliphatic hydroxyl groups is 1. The number of aryl methyl sites for hydroxylation is 1. The third-order valence-corrected chi connectivity index (χ3v) is 6.44. The van der Waals surface area contributed by atoms with Crippen LogP contribution in [0.4, 0.5) is 0 Å². The van der Waals surface area contributed by atoms with E-state index >= 15 is 0 Å². The fourth-order valence-electron chi connectivity index (χ4n) is 3.22. The smallest absolute Gasteiger partial charge is 0.230 e. The molecule has 0 aliphatic carbocycles. The molecule has 1 saturated heterocycles. The van der Waals surface area contributed by atoms with Crippen LogP contribution >= 0.6 is 35.0 Å². The Morgan fingerprint density at radius 3 is 2.81 bits per heavy atom. The first-order valence-corrected chi connectivity index (χ1v) is 11.8. The number of halogens is 2. The van der Waals surface area contributed by atoms with Gasteiger partial charge in [-0.3, -0.25) is 4.79 Å². The normalized spacial score (nSPS) is 16.1. The Balaban J connectivity index is 1.31. The number of piperidine rings is 1. The van der Waals surface area contributed by atoms with Gasteiger partial charge in [0.1, 0.15) is 11.9 Å². The molecule has 168 valence electrons. The molecule has 1 aromatic carbocycles. The molecule has 2 heterocycles. The monoisotopic (exact) mass is 484 g/mol. The van der Waals surface area contributed by atoms with Gasteiger partial charge < -0.3 is 20.1 Å². The Kier molecular flexibility index (Phi) is 9.22. The lowest BCUT2D eigenvalue weighted by molar-refractivity contribution is -0.119. The van der Waals surface area contributed by atoms with Gasteiger partial charge in [-0.15, -0.1) is 0 Å². The van der Waals surface area contributed by atoms with Gasteiger partial charge in [-0.25, -0.2) is 9.97 Å². The highest BCUT2D eigenvalue weighted by Crippen LogP contribution is 2.28. The van der Waals surface area contributed by atoms with Crippen molar-refractivity contribution in [1.29, 1.82) is 0 Å². The number of rotatable bonds is 9. The molecule has 2 aromatic rings. The number of nitrogens with one attached hydrogen (secondary N) is 1. The van der Waals surface area contributed by atoms with Crippen LogP contribution in [0.2, 0.25) is 10.0 Å². The molecule has 3 rings (SSSR count). The molecule has 0 saturated carbocycles. The summed E-state index contributed by atoms with van der Waals surface area (Å²) in [5.41, 5.74) is 0.861. The van der Waals surface area contributed by atoms with Gasteiger partial charge in [0.2, 0.25) is 5.91 Å². The van der Waals surface area contributed by atoms with E-state index in [1.165, 1.54) is 11.8 Å². The fourth-order valence-corrected chi connectivity index (χ4v) is 4.22. The second-order valence-electron chi connectivity index (χ2n) is 7.42. The van der Waals surface area contributed by atoms with Gasteiger partial charge in [0, 0.05) is 44.1 Å². The van der Waals surface area contributed by atoms with Gasteiger partial charge in [0.05, 0.1) is 21.9 Å². The van der Waals surface area contributed by atoms with Crippen LogP contribution < -0.4 is 10.1 Å². The van der Waals surface area contributed by atoms with Gasteiger partial charge in [-0.2, -0.15) is 0 Å². The predicted octanol–water partition coefficient (Wildman–Crippen LogP) is 3.20. The van der Waals surface area contributed by atoms with Gasteiger partial charge in [0.25, 0.3) is 0 Å². The molecule has 7 nitrogen and oxygen atoms in total. The molecule has 0 bridgehead atoms. The van der Waals surface area contributed by atoms with Gasteiger partial charge in [-0.1, -0.05) is 35.0 Å². The average molecular weight is 485 g/mol. The van der Waals surface area contributed by atoms with Crippen molar-refractivity contribution in [2.24, 2.45) is 0 Å². The lowest BCUT2D eigenvalue weighted by Gasteiger charge is -2.33. The number of thioether (sulfide) groups is 1. The summed E-state index contributed by atoms with van der Waals surface area (Å²) < 4.78 is 5.99. The summed E-state index contributed by atoms with van der Waals surface area (Å²) in [4.78, 5) is 22.6. The first-order chi connectivity index (χ1) is 14.9. The van der Waals surface area contributed by atoms with Crippen molar-refractivity contribution < 1.29 is 14.6 Å². The van der Waals surface area contributed by atoms with E-state index in [1.807, 2.05) is 19.1 Å². The van der Waals surface area contributed by atoms with E-state index in [1.54, 1.807) is 18.3 Å². The van der Waals surface area contributed by atoms with E-state index in [0.717, 1.165) is 31.6 Å². The van der Waals surface area contributed by atoms with Crippen LogP contribution in [0.5, 0.6) is 5.75 Å². The number of carbonyl (C=O) groups is 1. The standard InChI is InChI=1S/C21H26Cl2N4O3S/c1-14-4-7-24-21(26-14)31-13-20(29)25-11-15(28)12-27-8-5-16(6-9-27)30-17-2-3-18(22)19(23)10-17/h2-4,7,10,15-16,28H,5-6,8-9,11-13H2,1H3,(H,25,29)/t15-/m1/s1. The number of aromatic nitrogens is 2. The third-order valence-electron chi connectivity index (χ3n) is 4.84. The molecule has 1 amide bonds. The summed E-state index contributed by atoms with van der Waals surface area (Å²) >= 11 is 13.2. The number of carbonyl (C=O) groups excluding carboxylic acids is 1. The van der Waals surface area contributed by atoms with Gasteiger partial charge in [0.15, 0.2) is 5.16 Å². The number of amides is 1. The number of likely N-dealkylation sites (tertiary alicyclic amines) is 1. The third kappa shape index (κ3) is 8.12. The maximum absolute atomic E-state index is 12.0. The zero-order valence-corrected chi connectivity index (χ0v) is 19.6. The van der Waals surface area contributed by atoms with Crippen molar-refractivity contribution in [2.45, 2.75) is 37.1 Å². The largest absolute Gasteiger partial charge is 0.490 e. The van der Waals surface area contributed by atoms with E-state index in [9.17, 15) is 9.90 Å². The molecule has 2 N–H and O–H groups in total. The zero-order valence-electron chi connectivity index (χ0n) is 17.3. The van der Waals surface area contributed by atoms with Crippen LogP contribution in [0.25, 0.3) is 0 Å². The lowest BCUT2D eigenvalue weighted by Crippen LogP contribution is -2.45. The lowest BCUT2D eigenvalue weighted by atomic mass is 10.1. The minimum atomic E-state index is -0.628. The maximum atomic E-state index is 12.0. The predicted molar refractivity (Wildman–Crippen MR) is 123 cm³/mol. The average Bonchev–Trinajstić information content (AvgIpc) is 2.75. The van der Waals surface area contributed by atoms with Crippen LogP contribution in [-0.4, -0.2) is 70.0 Å². The first kappa shape index (κ1) is 24.1. The zero-order chi connectivity index (χ0) is 22.2. The topological polar surface area (TPSA) is 87.6 Å². The van der Waals surface area contributed by atoms with Crippen LogP contribution in [0.1, 0.15) is 18.5 Å². The Morgan fingerprint density at radius 1 is 1.32 bits per heavy atom. The van der Waals surface area contributed by atoms with Crippen LogP contribution in [-0.2, 0) is 4.79 Å². The number of ether oxygens (including phenoxy) is 1. The van der Waals surface area contributed by atoms with Crippen LogP contribution in [0.15, 0.2) is 35.6 Å². The molecule has 10 heteroatoms. The van der Waals surface area contributed by atoms with Crippen LogP contribution in [0, 0.1) is 6.92 Å². The van der Waals surface area contributed by atoms with Crippen molar-refractivity contribution >= 4 is 40.9 Å². The minimum Gasteiger partial charge on any atom is -0.490 e. The molecule has 1 fully saturated rings. The molecule has 0 radical (unpaired) electrons. The SMILES string of the molecule is Cc1ccnc(SCC(=O)NC[C@@H](O)CN2CCC(Oc3ccc(Cl)c(Cl)c3)CC2)n1. The summed E-state index contributed by atoms with van der Waals surface area (Å²) in [5, 5.41) is 14.6. The molecule has 1 atom stereocenters. The summed E-state index contributed by atoms with van der Waals surface area (Å²) in [6.07, 6.45) is 2.85. The summed E-state index contributed by atoms with van der Waals surface area (Å²) in [6.45, 7) is 4.24. The Bertz CT molecular complexity index is 881. The summed E-state index contributed by atoms with van der Waals surface area (Å²) in [7, 11) is 0. The maximum Gasteiger partial charge on any atom is 0.230 e. The van der Waals surface area contributed by atoms with Crippen LogP contribution in [0.3, 0.4) is 0 Å². The Labute approximate surface area is 196 Å². The van der Waals surface area contributed by atoms with Crippen molar-refractivity contribution in [3.63, 3.8) is 0 Å². The minimum absolute atomic E-state index is 0.103. The summed E-state index contributed by atoms with van der Waals surface area (Å²) in [5.74, 6) is 0.778. The van der Waals surface area contributed by atoms with Gasteiger partial charge in [-0.05, 0) is 38.0 Å². The Morgan fingerprint density at radius 2 is 2.10 bits per heavy atom. The van der Waals surface area contributed by atoms with E-state index < -0.39 is 6.10 Å². The molecule has 0 unspecified atom stereocenters. The number of hydrogen-bond donors (Lipinski definition) is 2. The molecule has 31 heavy (non-hydrogen) atoms. The molecule has 1 aromatic heterocycles. The second kappa shape index (κ2) is 11.9. The number of nitrogens with zero attached hydrogens (tertiary/aromatic N) is 3. The highest BCUT2D eigenvalue weighted by molar-refractivity contribution is 7.99. The number of hydrogen-bond acceptors (Lipinski definition) is 7. The fraction of sp³-hybridized carbons (Fsp3) is 0.476. The quantitative estimate of drug-likeness (QED) is 0.417. The highest BCUT2D eigenvalue weighted by atomic mass is 35.5. The molecule has 1 aliphatic heterocycles. The molecule has 0 spiro atoms.